The molecule has 0 heterocycles. The zero-order valence-corrected chi connectivity index (χ0v) is 11.4. The Morgan fingerprint density at radius 3 is 2.53 bits per heavy atom. The van der Waals surface area contributed by atoms with Crippen LogP contribution >= 0.6 is 0 Å². The summed E-state index contributed by atoms with van der Waals surface area (Å²) in [5.74, 6) is -1.93. The molecule has 1 aliphatic rings. The Hall–Kier alpha value is -1.84. The first-order valence-corrected chi connectivity index (χ1v) is 6.43. The molecule has 1 fully saturated rings. The first-order chi connectivity index (χ1) is 8.81. The first-order valence-electron chi connectivity index (χ1n) is 6.43. The van der Waals surface area contributed by atoms with Gasteiger partial charge in [0.1, 0.15) is 0 Å². The van der Waals surface area contributed by atoms with E-state index in [-0.39, 0.29) is 11.8 Å². The molecule has 0 unspecified atom stereocenters. The number of benzene rings is 1. The van der Waals surface area contributed by atoms with Gasteiger partial charge in [0.2, 0.25) is 5.91 Å². The molecule has 0 spiro atoms. The Bertz CT molecular complexity index is 522. The van der Waals surface area contributed by atoms with Crippen LogP contribution in [0.3, 0.4) is 0 Å². The molecule has 0 saturated heterocycles. The van der Waals surface area contributed by atoms with Gasteiger partial charge in [0, 0.05) is 0 Å². The minimum absolute atomic E-state index is 0.168. The predicted molar refractivity (Wildman–Crippen MR) is 71.6 cm³/mol. The number of carbonyl (C=O) groups excluding carboxylic acids is 1. The van der Waals surface area contributed by atoms with Crippen LogP contribution in [0.5, 0.6) is 0 Å². The van der Waals surface area contributed by atoms with E-state index in [4.69, 9.17) is 5.11 Å². The lowest BCUT2D eigenvalue weighted by atomic mass is 9.92. The molecule has 19 heavy (non-hydrogen) atoms. The fourth-order valence-corrected chi connectivity index (χ4v) is 2.26. The molecule has 2 atom stereocenters. The van der Waals surface area contributed by atoms with Gasteiger partial charge in [0.15, 0.2) is 0 Å². The van der Waals surface area contributed by atoms with Crippen molar-refractivity contribution < 1.29 is 14.7 Å². The molecule has 1 aromatic rings. The van der Waals surface area contributed by atoms with Crippen molar-refractivity contribution in [2.24, 2.45) is 11.8 Å². The SMILES string of the molecule is Cc1cccc(C(C)(C)NC(=O)[C@H]2C[C@@H]2C(=O)O)c1. The third-order valence-corrected chi connectivity index (χ3v) is 3.62. The molecule has 1 aliphatic carbocycles. The van der Waals surface area contributed by atoms with Crippen molar-refractivity contribution in [2.75, 3.05) is 0 Å². The van der Waals surface area contributed by atoms with Crippen LogP contribution in [0.15, 0.2) is 24.3 Å². The summed E-state index contributed by atoms with van der Waals surface area (Å²) in [5, 5.41) is 11.8. The van der Waals surface area contributed by atoms with Gasteiger partial charge in [-0.15, -0.1) is 0 Å². The lowest BCUT2D eigenvalue weighted by Gasteiger charge is -2.27. The normalized spacial score (nSPS) is 21.8. The minimum atomic E-state index is -0.881. The van der Waals surface area contributed by atoms with Crippen LogP contribution < -0.4 is 5.32 Å². The second-order valence-corrected chi connectivity index (χ2v) is 5.77. The highest BCUT2D eigenvalue weighted by Gasteiger charge is 2.49. The molecular weight excluding hydrogens is 242 g/mol. The summed E-state index contributed by atoms with van der Waals surface area (Å²) in [5.41, 5.74) is 1.66. The van der Waals surface area contributed by atoms with E-state index in [2.05, 4.69) is 5.32 Å². The average Bonchev–Trinajstić information content (AvgIpc) is 3.08. The summed E-state index contributed by atoms with van der Waals surface area (Å²) in [6.07, 6.45) is 0.449. The van der Waals surface area contributed by atoms with Crippen molar-refractivity contribution in [1.82, 2.24) is 5.32 Å². The van der Waals surface area contributed by atoms with Gasteiger partial charge in [0.05, 0.1) is 17.4 Å². The van der Waals surface area contributed by atoms with E-state index >= 15 is 0 Å². The number of carboxylic acid groups (broad SMARTS) is 1. The van der Waals surface area contributed by atoms with Gasteiger partial charge in [-0.05, 0) is 32.8 Å². The number of carboxylic acids is 1. The van der Waals surface area contributed by atoms with Crippen LogP contribution in [0.4, 0.5) is 0 Å². The third kappa shape index (κ3) is 2.95. The van der Waals surface area contributed by atoms with E-state index < -0.39 is 17.4 Å². The van der Waals surface area contributed by atoms with Gasteiger partial charge in [-0.25, -0.2) is 0 Å². The molecule has 2 N–H and O–H groups in total. The molecule has 0 radical (unpaired) electrons. The smallest absolute Gasteiger partial charge is 0.307 e. The van der Waals surface area contributed by atoms with E-state index in [9.17, 15) is 9.59 Å². The molecule has 4 heteroatoms. The highest BCUT2D eigenvalue weighted by molar-refractivity contribution is 5.89. The van der Waals surface area contributed by atoms with Crippen LogP contribution in [0.25, 0.3) is 0 Å². The van der Waals surface area contributed by atoms with E-state index in [1.165, 1.54) is 0 Å². The van der Waals surface area contributed by atoms with Gasteiger partial charge in [0.25, 0.3) is 0 Å². The molecular formula is C15H19NO3. The van der Waals surface area contributed by atoms with E-state index in [1.807, 2.05) is 45.0 Å². The van der Waals surface area contributed by atoms with Crippen molar-refractivity contribution >= 4 is 11.9 Å². The lowest BCUT2D eigenvalue weighted by Crippen LogP contribution is -2.42. The molecule has 102 valence electrons. The number of amides is 1. The fourth-order valence-electron chi connectivity index (χ4n) is 2.26. The maximum atomic E-state index is 12.0. The zero-order valence-electron chi connectivity index (χ0n) is 11.4. The number of hydrogen-bond donors (Lipinski definition) is 2. The topological polar surface area (TPSA) is 66.4 Å². The van der Waals surface area contributed by atoms with Crippen molar-refractivity contribution in [3.63, 3.8) is 0 Å². The third-order valence-electron chi connectivity index (χ3n) is 3.62. The summed E-state index contributed by atoms with van der Waals surface area (Å²) in [6.45, 7) is 5.86. The summed E-state index contributed by atoms with van der Waals surface area (Å²) < 4.78 is 0. The average molecular weight is 261 g/mol. The molecule has 0 aliphatic heterocycles. The second-order valence-electron chi connectivity index (χ2n) is 5.77. The van der Waals surface area contributed by atoms with E-state index in [0.29, 0.717) is 6.42 Å². The van der Waals surface area contributed by atoms with Gasteiger partial charge < -0.3 is 10.4 Å². The van der Waals surface area contributed by atoms with Crippen LogP contribution in [0.1, 0.15) is 31.4 Å². The Morgan fingerprint density at radius 1 is 1.32 bits per heavy atom. The fraction of sp³-hybridized carbons (Fsp3) is 0.467. The molecule has 0 aromatic heterocycles. The molecule has 2 rings (SSSR count). The zero-order chi connectivity index (χ0) is 14.2. The van der Waals surface area contributed by atoms with Crippen molar-refractivity contribution in [3.8, 4) is 0 Å². The highest BCUT2D eigenvalue weighted by atomic mass is 16.4. The van der Waals surface area contributed by atoms with Crippen molar-refractivity contribution in [1.29, 1.82) is 0 Å². The number of hydrogen-bond acceptors (Lipinski definition) is 2. The number of aryl methyl sites for hydroxylation is 1. The number of aliphatic carboxylic acids is 1. The monoisotopic (exact) mass is 261 g/mol. The Kier molecular flexibility index (Phi) is 3.35. The first kappa shape index (κ1) is 13.6. The molecule has 1 amide bonds. The van der Waals surface area contributed by atoms with Crippen LogP contribution in [0, 0.1) is 18.8 Å². The largest absolute Gasteiger partial charge is 0.481 e. The van der Waals surface area contributed by atoms with E-state index in [1.54, 1.807) is 0 Å². The van der Waals surface area contributed by atoms with Gasteiger partial charge >= 0.3 is 5.97 Å². The predicted octanol–water partition coefficient (Wildman–Crippen LogP) is 2.07. The Morgan fingerprint density at radius 2 is 2.00 bits per heavy atom. The number of nitrogens with one attached hydrogen (secondary N) is 1. The minimum Gasteiger partial charge on any atom is -0.481 e. The quantitative estimate of drug-likeness (QED) is 0.872. The van der Waals surface area contributed by atoms with E-state index in [0.717, 1.165) is 11.1 Å². The summed E-state index contributed by atoms with van der Waals surface area (Å²) in [6, 6.07) is 7.95. The maximum Gasteiger partial charge on any atom is 0.307 e. The summed E-state index contributed by atoms with van der Waals surface area (Å²) in [7, 11) is 0. The van der Waals surface area contributed by atoms with Gasteiger partial charge in [-0.3, -0.25) is 9.59 Å². The van der Waals surface area contributed by atoms with Crippen molar-refractivity contribution in [2.45, 2.75) is 32.7 Å². The van der Waals surface area contributed by atoms with Crippen LogP contribution in [-0.2, 0) is 15.1 Å². The number of rotatable bonds is 4. The maximum absolute atomic E-state index is 12.0. The Balaban J connectivity index is 2.06. The molecule has 1 saturated carbocycles. The van der Waals surface area contributed by atoms with Gasteiger partial charge in [-0.1, -0.05) is 29.8 Å². The van der Waals surface area contributed by atoms with Crippen LogP contribution in [0.2, 0.25) is 0 Å². The standard InChI is InChI=1S/C15H19NO3/c1-9-5-4-6-10(7-9)15(2,3)16-13(17)11-8-12(11)14(18)19/h4-7,11-12H,8H2,1-3H3,(H,16,17)(H,18,19)/t11-,12-/m0/s1. The molecule has 4 nitrogen and oxygen atoms in total. The van der Waals surface area contributed by atoms with Gasteiger partial charge in [-0.2, -0.15) is 0 Å². The highest BCUT2D eigenvalue weighted by Crippen LogP contribution is 2.39. The Labute approximate surface area is 112 Å². The molecule has 1 aromatic carbocycles. The van der Waals surface area contributed by atoms with Crippen LogP contribution in [-0.4, -0.2) is 17.0 Å². The van der Waals surface area contributed by atoms with Crippen molar-refractivity contribution in [3.05, 3.63) is 35.4 Å². The lowest BCUT2D eigenvalue weighted by molar-refractivity contribution is -0.140. The summed E-state index contributed by atoms with van der Waals surface area (Å²) >= 11 is 0. The number of carbonyl (C=O) groups is 2. The summed E-state index contributed by atoms with van der Waals surface area (Å²) in [4.78, 5) is 22.8. The molecule has 0 bridgehead atoms. The second kappa shape index (κ2) is 4.68.